The Labute approximate surface area is 162 Å². The van der Waals surface area contributed by atoms with Crippen molar-refractivity contribution in [1.82, 2.24) is 4.90 Å². The van der Waals surface area contributed by atoms with Crippen LogP contribution in [0, 0.1) is 6.92 Å². The Morgan fingerprint density at radius 1 is 1.07 bits per heavy atom. The third-order valence-corrected chi connectivity index (χ3v) is 6.24. The molecule has 0 fully saturated rings. The largest absolute Gasteiger partial charge is 0.454 e. The van der Waals surface area contributed by atoms with Gasteiger partial charge in [-0.05, 0) is 54.1 Å². The van der Waals surface area contributed by atoms with Crippen molar-refractivity contribution in [3.8, 4) is 11.5 Å². The third kappa shape index (κ3) is 2.79. The molecule has 0 radical (unpaired) electrons. The topological polar surface area (TPSA) is 38.8 Å². The quantitative estimate of drug-likeness (QED) is 0.656. The molecule has 2 aliphatic heterocycles. The van der Waals surface area contributed by atoms with E-state index in [1.54, 1.807) is 17.4 Å². The fraction of sp³-hybridized carbons (Fsp3) is 0.227. The van der Waals surface area contributed by atoms with Crippen LogP contribution < -0.4 is 9.47 Å². The Bertz CT molecular complexity index is 1010. The number of hydrogen-bond acceptors (Lipinski definition) is 4. The maximum Gasteiger partial charge on any atom is 0.254 e. The minimum atomic E-state index is -0.0569. The normalized spacial score (nSPS) is 17.7. The predicted octanol–water partition coefficient (Wildman–Crippen LogP) is 4.57. The van der Waals surface area contributed by atoms with Crippen molar-refractivity contribution in [2.45, 2.75) is 19.4 Å². The van der Waals surface area contributed by atoms with Crippen molar-refractivity contribution in [3.05, 3.63) is 81.0 Å². The smallest absolute Gasteiger partial charge is 0.254 e. The molecule has 0 spiro atoms. The van der Waals surface area contributed by atoms with Crippen LogP contribution in [0.4, 0.5) is 0 Å². The lowest BCUT2D eigenvalue weighted by Crippen LogP contribution is -2.40. The molecule has 2 aliphatic rings. The second-order valence-electron chi connectivity index (χ2n) is 6.93. The van der Waals surface area contributed by atoms with Gasteiger partial charge in [0.15, 0.2) is 11.5 Å². The van der Waals surface area contributed by atoms with Crippen LogP contribution in [0.1, 0.15) is 38.0 Å². The van der Waals surface area contributed by atoms with Gasteiger partial charge in [-0.3, -0.25) is 4.79 Å². The highest BCUT2D eigenvalue weighted by molar-refractivity contribution is 7.10. The fourth-order valence-corrected chi connectivity index (χ4v) is 4.74. The summed E-state index contributed by atoms with van der Waals surface area (Å²) in [5.41, 5.74) is 4.24. The molecule has 1 aromatic heterocycles. The van der Waals surface area contributed by atoms with Gasteiger partial charge in [0, 0.05) is 17.0 Å². The Kier molecular flexibility index (Phi) is 3.90. The van der Waals surface area contributed by atoms with Gasteiger partial charge >= 0.3 is 0 Å². The van der Waals surface area contributed by atoms with Gasteiger partial charge in [0.05, 0.1) is 6.04 Å². The maximum absolute atomic E-state index is 13.4. The molecule has 5 heteroatoms. The van der Waals surface area contributed by atoms with Crippen LogP contribution in [-0.2, 0) is 6.42 Å². The monoisotopic (exact) mass is 377 g/mol. The van der Waals surface area contributed by atoms with Crippen LogP contribution in [-0.4, -0.2) is 24.1 Å². The summed E-state index contributed by atoms with van der Waals surface area (Å²) in [5.74, 6) is 1.36. The zero-order chi connectivity index (χ0) is 18.4. The molecule has 4 nitrogen and oxygen atoms in total. The van der Waals surface area contributed by atoms with E-state index in [0.29, 0.717) is 23.6 Å². The van der Waals surface area contributed by atoms with E-state index in [0.717, 1.165) is 12.0 Å². The number of carbonyl (C=O) groups is 1. The number of fused-ring (bicyclic) bond motifs is 2. The van der Waals surface area contributed by atoms with E-state index in [9.17, 15) is 4.79 Å². The summed E-state index contributed by atoms with van der Waals surface area (Å²) in [6, 6.07) is 16.0. The summed E-state index contributed by atoms with van der Waals surface area (Å²) in [6.07, 6.45) is 0.894. The number of aryl methyl sites for hydroxylation is 1. The van der Waals surface area contributed by atoms with Crippen molar-refractivity contribution in [1.29, 1.82) is 0 Å². The number of thiophene rings is 1. The number of rotatable bonds is 2. The highest BCUT2D eigenvalue weighted by atomic mass is 32.1. The number of ether oxygens (including phenoxy) is 2. The first kappa shape index (κ1) is 16.4. The van der Waals surface area contributed by atoms with Gasteiger partial charge in [0.2, 0.25) is 6.79 Å². The Morgan fingerprint density at radius 3 is 2.74 bits per heavy atom. The highest BCUT2D eigenvalue weighted by Gasteiger charge is 2.33. The van der Waals surface area contributed by atoms with E-state index in [2.05, 4.69) is 42.6 Å². The lowest BCUT2D eigenvalue weighted by molar-refractivity contribution is 0.0695. The van der Waals surface area contributed by atoms with E-state index in [4.69, 9.17) is 9.47 Å². The molecule has 1 atom stereocenters. The third-order valence-electron chi connectivity index (χ3n) is 5.24. The van der Waals surface area contributed by atoms with Crippen molar-refractivity contribution in [2.75, 3.05) is 13.3 Å². The van der Waals surface area contributed by atoms with E-state index in [1.807, 2.05) is 17.0 Å². The van der Waals surface area contributed by atoms with Crippen molar-refractivity contribution in [2.24, 2.45) is 0 Å². The molecule has 0 aliphatic carbocycles. The van der Waals surface area contributed by atoms with Gasteiger partial charge in [-0.15, -0.1) is 11.3 Å². The zero-order valence-corrected chi connectivity index (χ0v) is 15.8. The highest BCUT2D eigenvalue weighted by Crippen LogP contribution is 2.39. The van der Waals surface area contributed by atoms with Crippen LogP contribution in [0.25, 0.3) is 0 Å². The average Bonchev–Trinajstić information content (AvgIpc) is 3.35. The van der Waals surface area contributed by atoms with E-state index in [-0.39, 0.29) is 18.7 Å². The SMILES string of the molecule is Cc1ccc([C@@H]2c3ccsc3CCN2C(=O)c2ccc3c(c2)OCO3)cc1. The Morgan fingerprint density at radius 2 is 1.89 bits per heavy atom. The van der Waals surface area contributed by atoms with Crippen molar-refractivity contribution >= 4 is 17.2 Å². The van der Waals surface area contributed by atoms with Crippen LogP contribution >= 0.6 is 11.3 Å². The van der Waals surface area contributed by atoms with E-state index < -0.39 is 0 Å². The van der Waals surface area contributed by atoms with Crippen LogP contribution in [0.5, 0.6) is 11.5 Å². The molecule has 0 saturated carbocycles. The van der Waals surface area contributed by atoms with Gasteiger partial charge in [-0.25, -0.2) is 0 Å². The predicted molar refractivity (Wildman–Crippen MR) is 105 cm³/mol. The van der Waals surface area contributed by atoms with Crippen LogP contribution in [0.3, 0.4) is 0 Å². The van der Waals surface area contributed by atoms with Crippen molar-refractivity contribution < 1.29 is 14.3 Å². The van der Waals surface area contributed by atoms with Crippen LogP contribution in [0.15, 0.2) is 53.9 Å². The lowest BCUT2D eigenvalue weighted by atomic mass is 9.92. The van der Waals surface area contributed by atoms with E-state index >= 15 is 0 Å². The van der Waals surface area contributed by atoms with Gasteiger partial charge < -0.3 is 14.4 Å². The molecule has 0 N–H and O–H groups in total. The van der Waals surface area contributed by atoms with Gasteiger partial charge in [-0.1, -0.05) is 29.8 Å². The first-order valence-electron chi connectivity index (χ1n) is 9.04. The second kappa shape index (κ2) is 6.43. The summed E-state index contributed by atoms with van der Waals surface area (Å²) in [7, 11) is 0. The molecule has 1 amide bonds. The molecule has 27 heavy (non-hydrogen) atoms. The first-order valence-corrected chi connectivity index (χ1v) is 9.92. The number of carbonyl (C=O) groups excluding carboxylic acids is 1. The number of benzene rings is 2. The van der Waals surface area contributed by atoms with Crippen LogP contribution in [0.2, 0.25) is 0 Å². The van der Waals surface area contributed by atoms with Gasteiger partial charge in [0.25, 0.3) is 5.91 Å². The summed E-state index contributed by atoms with van der Waals surface area (Å²) < 4.78 is 10.8. The molecule has 5 rings (SSSR count). The van der Waals surface area contributed by atoms with Gasteiger partial charge in [-0.2, -0.15) is 0 Å². The molecule has 136 valence electrons. The summed E-state index contributed by atoms with van der Waals surface area (Å²) in [4.78, 5) is 16.8. The zero-order valence-electron chi connectivity index (χ0n) is 15.0. The Balaban J connectivity index is 1.55. The molecule has 3 aromatic rings. The summed E-state index contributed by atoms with van der Waals surface area (Å²) >= 11 is 1.78. The van der Waals surface area contributed by atoms with E-state index in [1.165, 1.54) is 16.0 Å². The van der Waals surface area contributed by atoms with Gasteiger partial charge in [0.1, 0.15) is 0 Å². The summed E-state index contributed by atoms with van der Waals surface area (Å²) in [5, 5.41) is 2.13. The maximum atomic E-state index is 13.4. The molecule has 0 unspecified atom stereocenters. The number of hydrogen-bond donors (Lipinski definition) is 0. The number of amides is 1. The molecule has 0 saturated heterocycles. The minimum absolute atomic E-state index is 0.0238. The average molecular weight is 377 g/mol. The Hall–Kier alpha value is -2.79. The van der Waals surface area contributed by atoms with Crippen molar-refractivity contribution in [3.63, 3.8) is 0 Å². The fourth-order valence-electron chi connectivity index (χ4n) is 3.84. The standard InChI is InChI=1S/C22H19NO3S/c1-14-2-4-15(5-3-14)21-17-9-11-27-20(17)8-10-23(21)22(24)16-6-7-18-19(12-16)26-13-25-18/h2-7,9,11-12,21H,8,10,13H2,1H3/t21-/m1/s1. The summed E-state index contributed by atoms with van der Waals surface area (Å²) in [6.45, 7) is 3.00. The molecule has 0 bridgehead atoms. The lowest BCUT2D eigenvalue weighted by Gasteiger charge is -2.36. The molecular weight excluding hydrogens is 358 g/mol. The second-order valence-corrected chi connectivity index (χ2v) is 7.93. The first-order chi connectivity index (χ1) is 13.2. The molecule has 2 aromatic carbocycles. The minimum Gasteiger partial charge on any atom is -0.454 e. The molecular formula is C22H19NO3S. The number of nitrogens with zero attached hydrogens (tertiary/aromatic N) is 1. The molecule has 3 heterocycles.